The van der Waals surface area contributed by atoms with Gasteiger partial charge in [0.05, 0.1) is 0 Å². The molecule has 2 nitrogen and oxygen atoms in total. The first-order valence-electron chi connectivity index (χ1n) is 0.697. The molecule has 0 saturated heterocycles. The Bertz CT molecular complexity index is 62.6. The molecule has 0 saturated carbocycles. The standard InChI is InChI=1S/C2N2.H2Te/c3-1-2-4;/h;1H2. The SMILES string of the molecule is N#CC#N.[TeH2]. The van der Waals surface area contributed by atoms with E-state index in [4.69, 9.17) is 10.5 Å². The molecular formula is C2H2N2Te. The summed E-state index contributed by atoms with van der Waals surface area (Å²) in [6, 6.07) is 2.47. The fourth-order valence-electron chi connectivity index (χ4n) is 0. The second-order valence-electron chi connectivity index (χ2n) is 0.224. The molecule has 0 unspecified atom stereocenters. The van der Waals surface area contributed by atoms with Crippen molar-refractivity contribution in [3.05, 3.63) is 0 Å². The molecular weight excluding hydrogens is 180 g/mol. The molecule has 0 aliphatic heterocycles. The van der Waals surface area contributed by atoms with Crippen LogP contribution in [0.1, 0.15) is 0 Å². The average Bonchev–Trinajstić information content (AvgIpc) is 1.37. The number of hydrogen-bond donors (Lipinski definition) is 0. The van der Waals surface area contributed by atoms with Gasteiger partial charge in [-0.2, -0.15) is 10.5 Å². The quantitative estimate of drug-likeness (QED) is 0.456. The number of nitrogens with zero attached hydrogens (tertiary/aromatic N) is 2. The van der Waals surface area contributed by atoms with E-state index in [-0.39, 0.29) is 23.7 Å². The van der Waals surface area contributed by atoms with E-state index in [0.29, 0.717) is 0 Å². The second-order valence-corrected chi connectivity index (χ2v) is 0.224. The van der Waals surface area contributed by atoms with E-state index in [1.807, 2.05) is 0 Å². The normalized spacial score (nSPS) is 2.00. The van der Waals surface area contributed by atoms with Crippen molar-refractivity contribution >= 4 is 23.7 Å². The van der Waals surface area contributed by atoms with E-state index in [9.17, 15) is 0 Å². The first kappa shape index (κ1) is 8.84. The van der Waals surface area contributed by atoms with E-state index in [1.165, 1.54) is 12.1 Å². The molecule has 0 aromatic heterocycles. The van der Waals surface area contributed by atoms with Gasteiger partial charge in [-0.15, -0.1) is 0 Å². The molecule has 0 amide bonds. The first-order valence-corrected chi connectivity index (χ1v) is 0.697. The van der Waals surface area contributed by atoms with E-state index in [2.05, 4.69) is 0 Å². The van der Waals surface area contributed by atoms with Crippen LogP contribution in [0.5, 0.6) is 0 Å². The van der Waals surface area contributed by atoms with Crippen LogP contribution in [-0.2, 0) is 0 Å². The van der Waals surface area contributed by atoms with Crippen molar-refractivity contribution in [2.75, 3.05) is 0 Å². The van der Waals surface area contributed by atoms with Crippen LogP contribution in [0.2, 0.25) is 0 Å². The summed E-state index contributed by atoms with van der Waals surface area (Å²) in [5, 5.41) is 14.5. The van der Waals surface area contributed by atoms with Gasteiger partial charge >= 0.3 is 23.7 Å². The molecule has 0 atom stereocenters. The van der Waals surface area contributed by atoms with Crippen LogP contribution in [0.25, 0.3) is 0 Å². The predicted molar refractivity (Wildman–Crippen MR) is 19.8 cm³/mol. The van der Waals surface area contributed by atoms with Gasteiger partial charge in [0.15, 0.2) is 12.1 Å². The maximum absolute atomic E-state index is 7.26. The van der Waals surface area contributed by atoms with Crippen LogP contribution in [0.4, 0.5) is 0 Å². The summed E-state index contributed by atoms with van der Waals surface area (Å²) in [4.78, 5) is 0. The van der Waals surface area contributed by atoms with Gasteiger partial charge in [0.1, 0.15) is 0 Å². The Morgan fingerprint density at radius 2 is 1.20 bits per heavy atom. The molecule has 0 aliphatic carbocycles. The van der Waals surface area contributed by atoms with Gasteiger partial charge in [0.2, 0.25) is 0 Å². The summed E-state index contributed by atoms with van der Waals surface area (Å²) in [5.74, 6) is 0. The summed E-state index contributed by atoms with van der Waals surface area (Å²) in [7, 11) is 0. The summed E-state index contributed by atoms with van der Waals surface area (Å²) >= 11 is 0. The van der Waals surface area contributed by atoms with Crippen molar-refractivity contribution < 1.29 is 0 Å². The predicted octanol–water partition coefficient (Wildman–Crippen LogP) is -0.883. The molecule has 0 aliphatic rings. The average molecular weight is 182 g/mol. The zero-order chi connectivity index (χ0) is 3.41. The molecule has 0 fully saturated rings. The molecule has 3 heteroatoms. The Labute approximate surface area is 46.7 Å². The number of nitriles is 2. The Morgan fingerprint density at radius 3 is 1.20 bits per heavy atom. The summed E-state index contributed by atoms with van der Waals surface area (Å²) in [6.07, 6.45) is 0. The van der Waals surface area contributed by atoms with Crippen molar-refractivity contribution in [1.82, 2.24) is 0 Å². The molecule has 0 spiro atoms. The third-order valence-corrected chi connectivity index (χ3v) is 0.0500. The van der Waals surface area contributed by atoms with Crippen molar-refractivity contribution in [2.24, 2.45) is 0 Å². The molecule has 0 heterocycles. The van der Waals surface area contributed by atoms with Gasteiger partial charge in [-0.25, -0.2) is 0 Å². The van der Waals surface area contributed by atoms with Crippen molar-refractivity contribution in [3.63, 3.8) is 0 Å². The topological polar surface area (TPSA) is 47.6 Å². The third-order valence-electron chi connectivity index (χ3n) is 0.0500. The van der Waals surface area contributed by atoms with Crippen molar-refractivity contribution in [1.29, 1.82) is 10.5 Å². The van der Waals surface area contributed by atoms with Gasteiger partial charge in [-0.3, -0.25) is 0 Å². The zero-order valence-electron chi connectivity index (χ0n) is 2.39. The molecule has 26 valence electrons. The zero-order valence-corrected chi connectivity index (χ0v) is 5.25. The van der Waals surface area contributed by atoms with Gasteiger partial charge in [0.25, 0.3) is 0 Å². The fourth-order valence-corrected chi connectivity index (χ4v) is 0. The molecule has 0 aromatic rings. The van der Waals surface area contributed by atoms with Crippen LogP contribution in [-0.4, -0.2) is 23.7 Å². The molecule has 0 rings (SSSR count). The molecule has 0 N–H and O–H groups in total. The van der Waals surface area contributed by atoms with E-state index >= 15 is 0 Å². The van der Waals surface area contributed by atoms with E-state index in [1.54, 1.807) is 0 Å². The number of hydrogen-bond acceptors (Lipinski definition) is 2. The minimum absolute atomic E-state index is 0. The Balaban J connectivity index is 0. The maximum atomic E-state index is 7.26. The minimum atomic E-state index is 0. The van der Waals surface area contributed by atoms with Crippen LogP contribution in [0.15, 0.2) is 0 Å². The Hall–Kier alpha value is -0.230. The van der Waals surface area contributed by atoms with E-state index in [0.717, 1.165) is 0 Å². The first-order chi connectivity index (χ1) is 1.91. The summed E-state index contributed by atoms with van der Waals surface area (Å²) in [5.41, 5.74) is 0. The Morgan fingerprint density at radius 1 is 1.00 bits per heavy atom. The summed E-state index contributed by atoms with van der Waals surface area (Å²) in [6.45, 7) is 0. The Kier molecular flexibility index (Phi) is 16.3. The summed E-state index contributed by atoms with van der Waals surface area (Å²) < 4.78 is 0. The van der Waals surface area contributed by atoms with Gasteiger partial charge in [-0.05, 0) is 0 Å². The molecule has 5 heavy (non-hydrogen) atoms. The molecule has 0 aromatic carbocycles. The third kappa shape index (κ3) is 19.9. The monoisotopic (exact) mass is 184 g/mol. The number of rotatable bonds is 0. The van der Waals surface area contributed by atoms with Gasteiger partial charge in [0, 0.05) is 0 Å². The van der Waals surface area contributed by atoms with Crippen molar-refractivity contribution in [3.8, 4) is 12.1 Å². The fraction of sp³-hybridized carbons (Fsp3) is 0. The van der Waals surface area contributed by atoms with E-state index < -0.39 is 0 Å². The molecule has 0 bridgehead atoms. The molecule has 0 radical (unpaired) electrons. The van der Waals surface area contributed by atoms with Gasteiger partial charge in [-0.1, -0.05) is 0 Å². The van der Waals surface area contributed by atoms with Crippen LogP contribution in [0, 0.1) is 22.7 Å². The van der Waals surface area contributed by atoms with Crippen molar-refractivity contribution in [2.45, 2.75) is 0 Å². The van der Waals surface area contributed by atoms with Crippen LogP contribution in [0.3, 0.4) is 0 Å². The van der Waals surface area contributed by atoms with Crippen LogP contribution < -0.4 is 0 Å². The second kappa shape index (κ2) is 9.23. The van der Waals surface area contributed by atoms with Crippen LogP contribution >= 0.6 is 0 Å². The van der Waals surface area contributed by atoms with Gasteiger partial charge < -0.3 is 0 Å².